The number of amides is 1. The van der Waals surface area contributed by atoms with Crippen molar-refractivity contribution in [3.05, 3.63) is 48.2 Å². The number of morpholine rings is 1. The molecule has 1 amide bonds. The monoisotopic (exact) mass is 312 g/mol. The van der Waals surface area contributed by atoms with Gasteiger partial charge >= 0.3 is 5.97 Å². The number of fused-ring (bicyclic) bond motifs is 1. The van der Waals surface area contributed by atoms with Gasteiger partial charge in [0.05, 0.1) is 18.7 Å². The predicted molar refractivity (Wildman–Crippen MR) is 84.7 cm³/mol. The third kappa shape index (κ3) is 3.37. The van der Waals surface area contributed by atoms with Crippen LogP contribution in [0.4, 0.5) is 0 Å². The van der Waals surface area contributed by atoms with Crippen LogP contribution in [-0.2, 0) is 14.3 Å². The molecule has 1 aliphatic heterocycles. The molecule has 0 radical (unpaired) electrons. The van der Waals surface area contributed by atoms with Crippen LogP contribution in [0.1, 0.15) is 5.56 Å². The summed E-state index contributed by atoms with van der Waals surface area (Å²) in [6, 6.07) is 9.53. The Morgan fingerprint density at radius 1 is 1.30 bits per heavy atom. The van der Waals surface area contributed by atoms with Gasteiger partial charge in [0.25, 0.3) is 0 Å². The molecule has 1 fully saturated rings. The number of aromatic nitrogens is 1. The van der Waals surface area contributed by atoms with Crippen molar-refractivity contribution in [2.75, 3.05) is 19.7 Å². The second kappa shape index (κ2) is 6.58. The highest BCUT2D eigenvalue weighted by molar-refractivity contribution is 5.96. The van der Waals surface area contributed by atoms with Crippen molar-refractivity contribution in [2.45, 2.75) is 6.10 Å². The first kappa shape index (κ1) is 15.2. The zero-order valence-electron chi connectivity index (χ0n) is 12.4. The lowest BCUT2D eigenvalue weighted by atomic mass is 10.1. The van der Waals surface area contributed by atoms with Gasteiger partial charge in [-0.25, -0.2) is 4.79 Å². The van der Waals surface area contributed by atoms with Crippen LogP contribution in [0.15, 0.2) is 42.6 Å². The molecule has 6 heteroatoms. The fraction of sp³-hybridized carbons (Fsp3) is 0.235. The number of ether oxygens (including phenoxy) is 1. The van der Waals surface area contributed by atoms with E-state index in [1.807, 2.05) is 30.3 Å². The van der Waals surface area contributed by atoms with Crippen molar-refractivity contribution >= 4 is 28.9 Å². The van der Waals surface area contributed by atoms with E-state index >= 15 is 0 Å². The third-order valence-corrected chi connectivity index (χ3v) is 3.74. The van der Waals surface area contributed by atoms with Crippen LogP contribution in [0.3, 0.4) is 0 Å². The van der Waals surface area contributed by atoms with Gasteiger partial charge in [-0.3, -0.25) is 9.78 Å². The SMILES string of the molecule is O=C(O)C1CN(C(=O)/C=C/c2ccnc3ccccc23)CCO1. The molecule has 1 aromatic carbocycles. The highest BCUT2D eigenvalue weighted by Crippen LogP contribution is 2.17. The summed E-state index contributed by atoms with van der Waals surface area (Å²) < 4.78 is 5.11. The van der Waals surface area contributed by atoms with Gasteiger partial charge in [0.15, 0.2) is 6.10 Å². The molecule has 1 saturated heterocycles. The minimum Gasteiger partial charge on any atom is -0.479 e. The lowest BCUT2D eigenvalue weighted by Crippen LogP contribution is -2.48. The van der Waals surface area contributed by atoms with Gasteiger partial charge in [0.2, 0.25) is 5.91 Å². The van der Waals surface area contributed by atoms with Crippen LogP contribution in [0, 0.1) is 0 Å². The van der Waals surface area contributed by atoms with E-state index in [0.29, 0.717) is 6.54 Å². The zero-order valence-corrected chi connectivity index (χ0v) is 12.4. The smallest absolute Gasteiger partial charge is 0.334 e. The molecule has 2 heterocycles. The highest BCUT2D eigenvalue weighted by atomic mass is 16.5. The van der Waals surface area contributed by atoms with E-state index < -0.39 is 12.1 Å². The molecule has 1 aromatic heterocycles. The van der Waals surface area contributed by atoms with Gasteiger partial charge in [-0.1, -0.05) is 18.2 Å². The van der Waals surface area contributed by atoms with Gasteiger partial charge in [-0.15, -0.1) is 0 Å². The molecule has 1 N–H and O–H groups in total. The summed E-state index contributed by atoms with van der Waals surface area (Å²) in [5, 5.41) is 9.94. The summed E-state index contributed by atoms with van der Waals surface area (Å²) in [6.45, 7) is 0.689. The Kier molecular flexibility index (Phi) is 4.34. The number of hydrogen-bond acceptors (Lipinski definition) is 4. The van der Waals surface area contributed by atoms with Crippen molar-refractivity contribution in [3.63, 3.8) is 0 Å². The molecule has 118 valence electrons. The Balaban J connectivity index is 1.76. The minimum atomic E-state index is -1.05. The van der Waals surface area contributed by atoms with E-state index in [4.69, 9.17) is 9.84 Å². The van der Waals surface area contributed by atoms with Gasteiger partial charge in [0.1, 0.15) is 0 Å². The Morgan fingerprint density at radius 3 is 2.96 bits per heavy atom. The fourth-order valence-electron chi connectivity index (χ4n) is 2.53. The highest BCUT2D eigenvalue weighted by Gasteiger charge is 2.27. The average Bonchev–Trinajstić information content (AvgIpc) is 2.59. The van der Waals surface area contributed by atoms with Crippen molar-refractivity contribution < 1.29 is 19.4 Å². The first-order chi connectivity index (χ1) is 11.1. The van der Waals surface area contributed by atoms with Crippen molar-refractivity contribution in [1.82, 2.24) is 9.88 Å². The molecule has 1 aliphatic rings. The molecule has 23 heavy (non-hydrogen) atoms. The van der Waals surface area contributed by atoms with Crippen molar-refractivity contribution in [1.29, 1.82) is 0 Å². The number of nitrogens with zero attached hydrogens (tertiary/aromatic N) is 2. The van der Waals surface area contributed by atoms with E-state index in [0.717, 1.165) is 16.5 Å². The summed E-state index contributed by atoms with van der Waals surface area (Å²) in [7, 11) is 0. The maximum absolute atomic E-state index is 12.3. The van der Waals surface area contributed by atoms with Crippen LogP contribution in [0.25, 0.3) is 17.0 Å². The summed E-state index contributed by atoms with van der Waals surface area (Å²) in [5.74, 6) is -1.27. The van der Waals surface area contributed by atoms with Crippen LogP contribution >= 0.6 is 0 Å². The number of carboxylic acids is 1. The normalized spacial score (nSPS) is 18.4. The molecule has 6 nitrogen and oxygen atoms in total. The van der Waals surface area contributed by atoms with E-state index in [1.54, 1.807) is 12.3 Å². The topological polar surface area (TPSA) is 79.7 Å². The lowest BCUT2D eigenvalue weighted by Gasteiger charge is -2.30. The number of carbonyl (C=O) groups excluding carboxylic acids is 1. The Bertz CT molecular complexity index is 767. The number of benzene rings is 1. The molecule has 1 unspecified atom stereocenters. The van der Waals surface area contributed by atoms with Crippen LogP contribution < -0.4 is 0 Å². The van der Waals surface area contributed by atoms with Gasteiger partial charge in [-0.05, 0) is 23.8 Å². The largest absolute Gasteiger partial charge is 0.479 e. The summed E-state index contributed by atoms with van der Waals surface area (Å²) in [4.78, 5) is 29.0. The summed E-state index contributed by atoms with van der Waals surface area (Å²) in [6.07, 6.45) is 3.94. The van der Waals surface area contributed by atoms with Gasteiger partial charge in [0, 0.05) is 24.2 Å². The number of hydrogen-bond donors (Lipinski definition) is 1. The van der Waals surface area contributed by atoms with Gasteiger partial charge < -0.3 is 14.7 Å². The molecule has 3 rings (SSSR count). The molecule has 0 bridgehead atoms. The van der Waals surface area contributed by atoms with Crippen LogP contribution in [0.2, 0.25) is 0 Å². The maximum Gasteiger partial charge on any atom is 0.334 e. The quantitative estimate of drug-likeness (QED) is 0.870. The molecule has 0 saturated carbocycles. The van der Waals surface area contributed by atoms with E-state index in [1.165, 1.54) is 11.0 Å². The number of para-hydroxylation sites is 1. The van der Waals surface area contributed by atoms with Crippen LogP contribution in [-0.4, -0.2) is 52.7 Å². The number of pyridine rings is 1. The van der Waals surface area contributed by atoms with Crippen molar-refractivity contribution in [2.24, 2.45) is 0 Å². The minimum absolute atomic E-state index is 0.0651. The Labute approximate surface area is 133 Å². The third-order valence-electron chi connectivity index (χ3n) is 3.74. The molecular weight excluding hydrogens is 296 g/mol. The maximum atomic E-state index is 12.3. The standard InChI is InChI=1S/C17H16N2O4/c20-16(19-9-10-23-15(11-19)17(21)22)6-5-12-7-8-18-14-4-2-1-3-13(12)14/h1-8,15H,9-11H2,(H,21,22)/b6-5+. The predicted octanol–water partition coefficient (Wildman–Crippen LogP) is 1.56. The second-order valence-corrected chi connectivity index (χ2v) is 5.23. The molecular formula is C17H16N2O4. The van der Waals surface area contributed by atoms with E-state index in [2.05, 4.69) is 4.98 Å². The molecule has 0 spiro atoms. The molecule has 0 aliphatic carbocycles. The van der Waals surface area contributed by atoms with Crippen LogP contribution in [0.5, 0.6) is 0 Å². The number of carbonyl (C=O) groups is 2. The first-order valence-electron chi connectivity index (χ1n) is 7.30. The number of carboxylic acid groups (broad SMARTS) is 1. The zero-order chi connectivity index (χ0) is 16.2. The average molecular weight is 312 g/mol. The number of rotatable bonds is 3. The fourth-order valence-corrected chi connectivity index (χ4v) is 2.53. The molecule has 2 aromatic rings. The number of aliphatic carboxylic acids is 1. The molecule has 1 atom stereocenters. The Morgan fingerprint density at radius 2 is 2.13 bits per heavy atom. The van der Waals surface area contributed by atoms with E-state index in [9.17, 15) is 9.59 Å². The lowest BCUT2D eigenvalue weighted by molar-refractivity contribution is -0.158. The Hall–Kier alpha value is -2.73. The summed E-state index contributed by atoms with van der Waals surface area (Å²) >= 11 is 0. The first-order valence-corrected chi connectivity index (χ1v) is 7.30. The van der Waals surface area contributed by atoms with Crippen molar-refractivity contribution in [3.8, 4) is 0 Å². The van der Waals surface area contributed by atoms with E-state index in [-0.39, 0.29) is 19.1 Å². The second-order valence-electron chi connectivity index (χ2n) is 5.23. The van der Waals surface area contributed by atoms with Gasteiger partial charge in [-0.2, -0.15) is 0 Å². The summed E-state index contributed by atoms with van der Waals surface area (Å²) in [5.41, 5.74) is 1.76.